The average molecular weight is 259 g/mol. The third-order valence-electron chi connectivity index (χ3n) is 2.38. The summed E-state index contributed by atoms with van der Waals surface area (Å²) in [4.78, 5) is 22.9. The first-order chi connectivity index (χ1) is 9.06. The molecule has 0 heterocycles. The molecule has 0 radical (unpaired) electrons. The van der Waals surface area contributed by atoms with Crippen molar-refractivity contribution in [2.75, 3.05) is 11.9 Å². The zero-order chi connectivity index (χ0) is 14.3. The SMILES string of the molecule is C#Cc1cccc(NC(C)C(=O)NC(=O)NCC)c1. The van der Waals surface area contributed by atoms with Gasteiger partial charge >= 0.3 is 6.03 Å². The fourth-order valence-electron chi connectivity index (χ4n) is 1.44. The van der Waals surface area contributed by atoms with E-state index >= 15 is 0 Å². The summed E-state index contributed by atoms with van der Waals surface area (Å²) in [5.74, 6) is 2.11. The summed E-state index contributed by atoms with van der Waals surface area (Å²) in [6.45, 7) is 3.90. The van der Waals surface area contributed by atoms with Gasteiger partial charge in [0.15, 0.2) is 0 Å². The van der Waals surface area contributed by atoms with Crippen LogP contribution in [0.2, 0.25) is 0 Å². The fourth-order valence-corrected chi connectivity index (χ4v) is 1.44. The number of carbonyl (C=O) groups excluding carboxylic acids is 2. The van der Waals surface area contributed by atoms with E-state index in [0.29, 0.717) is 6.54 Å². The minimum atomic E-state index is -0.546. The number of hydrogen-bond acceptors (Lipinski definition) is 3. The highest BCUT2D eigenvalue weighted by Gasteiger charge is 2.15. The molecule has 1 aromatic rings. The summed E-state index contributed by atoms with van der Waals surface area (Å²) in [6.07, 6.45) is 5.30. The maximum absolute atomic E-state index is 11.7. The van der Waals surface area contributed by atoms with Crippen LogP contribution in [0.25, 0.3) is 0 Å². The van der Waals surface area contributed by atoms with Crippen molar-refractivity contribution in [1.29, 1.82) is 0 Å². The number of urea groups is 1. The summed E-state index contributed by atoms with van der Waals surface area (Å²) in [7, 11) is 0. The molecular weight excluding hydrogens is 242 g/mol. The van der Waals surface area contributed by atoms with Crippen molar-refractivity contribution >= 4 is 17.6 Å². The third-order valence-corrected chi connectivity index (χ3v) is 2.38. The predicted octanol–water partition coefficient (Wildman–Crippen LogP) is 1.31. The summed E-state index contributed by atoms with van der Waals surface area (Å²) in [6, 6.07) is 6.11. The van der Waals surface area contributed by atoms with Gasteiger partial charge in [-0.1, -0.05) is 12.0 Å². The molecule has 0 spiro atoms. The van der Waals surface area contributed by atoms with Gasteiger partial charge in [0, 0.05) is 17.8 Å². The van der Waals surface area contributed by atoms with Gasteiger partial charge in [0.05, 0.1) is 0 Å². The number of imide groups is 1. The first-order valence-electron chi connectivity index (χ1n) is 5.98. The number of terminal acetylenes is 1. The lowest BCUT2D eigenvalue weighted by molar-refractivity contribution is -0.120. The molecule has 0 aliphatic carbocycles. The minimum absolute atomic E-state index is 0.405. The van der Waals surface area contributed by atoms with Gasteiger partial charge in [-0.2, -0.15) is 0 Å². The first-order valence-corrected chi connectivity index (χ1v) is 5.98. The van der Waals surface area contributed by atoms with Crippen molar-refractivity contribution in [2.24, 2.45) is 0 Å². The van der Waals surface area contributed by atoms with Gasteiger partial charge in [0.25, 0.3) is 0 Å². The Morgan fingerprint density at radius 2 is 2.16 bits per heavy atom. The monoisotopic (exact) mass is 259 g/mol. The third kappa shape index (κ3) is 4.72. The van der Waals surface area contributed by atoms with Gasteiger partial charge in [0.1, 0.15) is 6.04 Å². The van der Waals surface area contributed by atoms with E-state index in [4.69, 9.17) is 6.42 Å². The zero-order valence-corrected chi connectivity index (χ0v) is 11.0. The average Bonchev–Trinajstić information content (AvgIpc) is 2.39. The molecule has 5 nitrogen and oxygen atoms in total. The van der Waals surface area contributed by atoms with Crippen molar-refractivity contribution in [3.8, 4) is 12.3 Å². The number of anilines is 1. The maximum atomic E-state index is 11.7. The summed E-state index contributed by atoms with van der Waals surface area (Å²) in [5.41, 5.74) is 1.45. The van der Waals surface area contributed by atoms with Gasteiger partial charge in [-0.3, -0.25) is 10.1 Å². The molecule has 1 rings (SSSR count). The van der Waals surface area contributed by atoms with E-state index in [1.54, 1.807) is 38.1 Å². The smallest absolute Gasteiger partial charge is 0.321 e. The number of hydrogen-bond donors (Lipinski definition) is 3. The number of nitrogens with one attached hydrogen (secondary N) is 3. The Morgan fingerprint density at radius 1 is 1.42 bits per heavy atom. The van der Waals surface area contributed by atoms with Gasteiger partial charge < -0.3 is 10.6 Å². The van der Waals surface area contributed by atoms with Crippen LogP contribution in [0.4, 0.5) is 10.5 Å². The first kappa shape index (κ1) is 14.6. The summed E-state index contributed by atoms with van der Waals surface area (Å²) in [5, 5.41) is 7.70. The van der Waals surface area contributed by atoms with Crippen molar-refractivity contribution in [2.45, 2.75) is 19.9 Å². The van der Waals surface area contributed by atoms with Gasteiger partial charge in [-0.15, -0.1) is 6.42 Å². The lowest BCUT2D eigenvalue weighted by Gasteiger charge is -2.15. The molecular formula is C14H17N3O2. The largest absolute Gasteiger partial charge is 0.374 e. The lowest BCUT2D eigenvalue weighted by atomic mass is 10.2. The molecule has 1 aromatic carbocycles. The van der Waals surface area contributed by atoms with Crippen LogP contribution in [0.15, 0.2) is 24.3 Å². The van der Waals surface area contributed by atoms with Crippen molar-refractivity contribution in [3.05, 3.63) is 29.8 Å². The second-order valence-electron chi connectivity index (χ2n) is 3.94. The molecule has 100 valence electrons. The Hall–Kier alpha value is -2.48. The second kappa shape index (κ2) is 7.07. The van der Waals surface area contributed by atoms with Crippen LogP contribution in [0, 0.1) is 12.3 Å². The molecule has 0 aliphatic rings. The van der Waals surface area contributed by atoms with E-state index in [9.17, 15) is 9.59 Å². The molecule has 3 N–H and O–H groups in total. The highest BCUT2D eigenvalue weighted by Crippen LogP contribution is 2.10. The Labute approximate surface area is 112 Å². The number of carbonyl (C=O) groups is 2. The molecule has 0 aromatic heterocycles. The fraction of sp³-hybridized carbons (Fsp3) is 0.286. The van der Waals surface area contributed by atoms with Gasteiger partial charge in [0.2, 0.25) is 5.91 Å². The number of amides is 3. The topological polar surface area (TPSA) is 70.2 Å². The normalized spacial score (nSPS) is 11.0. The molecule has 3 amide bonds. The second-order valence-corrected chi connectivity index (χ2v) is 3.94. The Morgan fingerprint density at radius 3 is 2.79 bits per heavy atom. The van der Waals surface area contributed by atoms with E-state index in [-0.39, 0.29) is 0 Å². The van der Waals surface area contributed by atoms with Crippen LogP contribution in [-0.2, 0) is 4.79 Å². The molecule has 0 fully saturated rings. The molecule has 5 heteroatoms. The van der Waals surface area contributed by atoms with Crippen molar-refractivity contribution < 1.29 is 9.59 Å². The lowest BCUT2D eigenvalue weighted by Crippen LogP contribution is -2.45. The van der Waals surface area contributed by atoms with Crippen LogP contribution >= 0.6 is 0 Å². The molecule has 1 atom stereocenters. The van der Waals surface area contributed by atoms with Gasteiger partial charge in [-0.25, -0.2) is 4.79 Å². The summed E-state index contributed by atoms with van der Waals surface area (Å²) >= 11 is 0. The molecule has 0 saturated heterocycles. The zero-order valence-electron chi connectivity index (χ0n) is 11.0. The Bertz CT molecular complexity index is 506. The van der Waals surface area contributed by atoms with Crippen molar-refractivity contribution in [1.82, 2.24) is 10.6 Å². The van der Waals surface area contributed by atoms with E-state index in [1.807, 2.05) is 0 Å². The van der Waals surface area contributed by atoms with Crippen LogP contribution < -0.4 is 16.0 Å². The predicted molar refractivity (Wildman–Crippen MR) is 74.7 cm³/mol. The highest BCUT2D eigenvalue weighted by molar-refractivity contribution is 5.97. The van der Waals surface area contributed by atoms with Crippen LogP contribution in [0.5, 0.6) is 0 Å². The highest BCUT2D eigenvalue weighted by atomic mass is 16.2. The minimum Gasteiger partial charge on any atom is -0.374 e. The number of rotatable bonds is 4. The standard InChI is InChI=1S/C14H17N3O2/c1-4-11-7-6-8-12(9-11)16-10(3)13(18)17-14(19)15-5-2/h1,6-10,16H,5H2,2-3H3,(H2,15,17,18,19). The van der Waals surface area contributed by atoms with Crippen molar-refractivity contribution in [3.63, 3.8) is 0 Å². The maximum Gasteiger partial charge on any atom is 0.321 e. The number of benzene rings is 1. The molecule has 0 bridgehead atoms. The molecule has 1 unspecified atom stereocenters. The molecule has 0 aliphatic heterocycles. The van der Waals surface area contributed by atoms with Crippen LogP contribution in [0.1, 0.15) is 19.4 Å². The van der Waals surface area contributed by atoms with E-state index in [1.165, 1.54) is 0 Å². The Kier molecular flexibility index (Phi) is 5.42. The Balaban J connectivity index is 2.58. The van der Waals surface area contributed by atoms with Crippen LogP contribution in [0.3, 0.4) is 0 Å². The van der Waals surface area contributed by atoms with Crippen LogP contribution in [-0.4, -0.2) is 24.5 Å². The quantitative estimate of drug-likeness (QED) is 0.714. The van der Waals surface area contributed by atoms with Gasteiger partial charge in [-0.05, 0) is 32.0 Å². The molecule has 0 saturated carbocycles. The summed E-state index contributed by atoms with van der Waals surface area (Å²) < 4.78 is 0. The van der Waals surface area contributed by atoms with E-state index in [2.05, 4.69) is 21.9 Å². The van der Waals surface area contributed by atoms with E-state index < -0.39 is 18.0 Å². The van der Waals surface area contributed by atoms with E-state index in [0.717, 1.165) is 11.3 Å². The molecule has 19 heavy (non-hydrogen) atoms.